The molecule has 0 radical (unpaired) electrons. The van der Waals surface area contributed by atoms with Crippen LogP contribution in [0.2, 0.25) is 0 Å². The number of methoxy groups -OCH3 is 1. The van der Waals surface area contributed by atoms with E-state index in [1.807, 2.05) is 26.8 Å². The summed E-state index contributed by atoms with van der Waals surface area (Å²) in [5.74, 6) is 0.913. The average Bonchev–Trinajstić information content (AvgIpc) is 2.22. The van der Waals surface area contributed by atoms with Crippen molar-refractivity contribution >= 4 is 0 Å². The summed E-state index contributed by atoms with van der Waals surface area (Å²) < 4.78 is 5.27. The lowest BCUT2D eigenvalue weighted by Crippen LogP contribution is -2.13. The quantitative estimate of drug-likeness (QED) is 0.777. The zero-order valence-electron chi connectivity index (χ0n) is 10.7. The van der Waals surface area contributed by atoms with Gasteiger partial charge in [0.05, 0.1) is 18.6 Å². The van der Waals surface area contributed by atoms with Crippen LogP contribution in [-0.4, -0.2) is 7.11 Å². The zero-order chi connectivity index (χ0) is 12.3. The van der Waals surface area contributed by atoms with Crippen LogP contribution in [0, 0.1) is 30.6 Å². The third-order valence-corrected chi connectivity index (χ3v) is 2.79. The molecule has 0 saturated heterocycles. The lowest BCUT2D eigenvalue weighted by Gasteiger charge is -2.18. The largest absolute Gasteiger partial charge is 0.496 e. The van der Waals surface area contributed by atoms with Crippen LogP contribution >= 0.6 is 0 Å². The molecule has 0 saturated carbocycles. The van der Waals surface area contributed by atoms with Gasteiger partial charge < -0.3 is 4.74 Å². The van der Waals surface area contributed by atoms with Gasteiger partial charge in [-0.2, -0.15) is 5.26 Å². The van der Waals surface area contributed by atoms with Gasteiger partial charge in [0, 0.05) is 0 Å². The molecule has 0 N–H and O–H groups in total. The SMILES string of the molecule is COc1cc(C)c(CC(C)(C)C#N)cc1C. The van der Waals surface area contributed by atoms with E-state index in [-0.39, 0.29) is 5.41 Å². The van der Waals surface area contributed by atoms with Crippen LogP contribution in [0.1, 0.15) is 30.5 Å². The highest BCUT2D eigenvalue weighted by molar-refractivity contribution is 5.42. The molecule has 0 aliphatic heterocycles. The molecule has 1 aromatic carbocycles. The van der Waals surface area contributed by atoms with Gasteiger partial charge in [0.1, 0.15) is 5.75 Å². The van der Waals surface area contributed by atoms with Gasteiger partial charge in [-0.1, -0.05) is 6.07 Å². The Morgan fingerprint density at radius 3 is 2.38 bits per heavy atom. The van der Waals surface area contributed by atoms with Gasteiger partial charge in [-0.05, 0) is 56.9 Å². The predicted octanol–water partition coefficient (Wildman–Crippen LogP) is 3.40. The van der Waals surface area contributed by atoms with Crippen LogP contribution in [0.3, 0.4) is 0 Å². The number of ether oxygens (including phenoxy) is 1. The fourth-order valence-corrected chi connectivity index (χ4v) is 1.78. The van der Waals surface area contributed by atoms with Crippen LogP contribution in [0.15, 0.2) is 12.1 Å². The molecular weight excluding hydrogens is 198 g/mol. The number of aryl methyl sites for hydroxylation is 2. The maximum absolute atomic E-state index is 9.04. The molecule has 0 heterocycles. The molecule has 0 aliphatic carbocycles. The van der Waals surface area contributed by atoms with Gasteiger partial charge in [-0.25, -0.2) is 0 Å². The number of nitrogens with zero attached hydrogens (tertiary/aromatic N) is 1. The van der Waals surface area contributed by atoms with Crippen LogP contribution in [0.4, 0.5) is 0 Å². The summed E-state index contributed by atoms with van der Waals surface area (Å²) in [5, 5.41) is 9.04. The normalized spacial score (nSPS) is 11.0. The van der Waals surface area contributed by atoms with E-state index in [1.165, 1.54) is 11.1 Å². The van der Waals surface area contributed by atoms with Crippen LogP contribution in [0.5, 0.6) is 5.75 Å². The molecule has 0 bridgehead atoms. The van der Waals surface area contributed by atoms with E-state index >= 15 is 0 Å². The van der Waals surface area contributed by atoms with Crippen LogP contribution in [0.25, 0.3) is 0 Å². The Hall–Kier alpha value is -1.49. The van der Waals surface area contributed by atoms with Gasteiger partial charge in [0.2, 0.25) is 0 Å². The van der Waals surface area contributed by atoms with Gasteiger partial charge in [0.25, 0.3) is 0 Å². The molecule has 0 fully saturated rings. The summed E-state index contributed by atoms with van der Waals surface area (Å²) in [6.45, 7) is 8.02. The average molecular weight is 217 g/mol. The molecule has 0 amide bonds. The first-order valence-electron chi connectivity index (χ1n) is 5.45. The molecule has 2 heteroatoms. The highest BCUT2D eigenvalue weighted by Gasteiger charge is 2.19. The van der Waals surface area contributed by atoms with Crippen molar-refractivity contribution in [3.05, 3.63) is 28.8 Å². The Kier molecular flexibility index (Phi) is 3.59. The molecular formula is C14H19NO. The van der Waals surface area contributed by atoms with E-state index < -0.39 is 0 Å². The third kappa shape index (κ3) is 2.76. The standard InChI is InChI=1S/C14H19NO/c1-10-7-13(16-5)11(2)6-12(10)8-14(3,4)9-15/h6-7H,8H2,1-5H3. The minimum atomic E-state index is -0.314. The van der Waals surface area contributed by atoms with Gasteiger partial charge in [0.15, 0.2) is 0 Å². The second-order valence-corrected chi connectivity index (χ2v) is 4.92. The van der Waals surface area contributed by atoms with Crippen molar-refractivity contribution in [3.63, 3.8) is 0 Å². The van der Waals surface area contributed by atoms with Crippen LogP contribution in [-0.2, 0) is 6.42 Å². The van der Waals surface area contributed by atoms with Gasteiger partial charge in [-0.15, -0.1) is 0 Å². The topological polar surface area (TPSA) is 33.0 Å². The third-order valence-electron chi connectivity index (χ3n) is 2.79. The zero-order valence-corrected chi connectivity index (χ0v) is 10.7. The molecule has 1 aromatic rings. The van der Waals surface area contributed by atoms with E-state index in [0.717, 1.165) is 17.7 Å². The second-order valence-electron chi connectivity index (χ2n) is 4.92. The molecule has 1 rings (SSSR count). The van der Waals surface area contributed by atoms with Crippen molar-refractivity contribution in [2.24, 2.45) is 5.41 Å². The fraction of sp³-hybridized carbons (Fsp3) is 0.500. The minimum Gasteiger partial charge on any atom is -0.496 e. The van der Waals surface area contributed by atoms with E-state index in [0.29, 0.717) is 0 Å². The molecule has 0 aliphatic rings. The summed E-state index contributed by atoms with van der Waals surface area (Å²) in [6.07, 6.45) is 0.778. The molecule has 16 heavy (non-hydrogen) atoms. The summed E-state index contributed by atoms with van der Waals surface area (Å²) in [7, 11) is 1.68. The predicted molar refractivity (Wildman–Crippen MR) is 65.6 cm³/mol. The number of hydrogen-bond acceptors (Lipinski definition) is 2. The molecule has 0 atom stereocenters. The Labute approximate surface area is 97.9 Å². The van der Waals surface area contributed by atoms with E-state index in [1.54, 1.807) is 7.11 Å². The maximum atomic E-state index is 9.04. The molecule has 86 valence electrons. The van der Waals surface area contributed by atoms with E-state index in [9.17, 15) is 0 Å². The Bertz CT molecular complexity index is 427. The number of hydrogen-bond donors (Lipinski definition) is 0. The van der Waals surface area contributed by atoms with E-state index in [2.05, 4.69) is 19.1 Å². The fourth-order valence-electron chi connectivity index (χ4n) is 1.78. The summed E-state index contributed by atoms with van der Waals surface area (Å²) in [5.41, 5.74) is 3.22. The number of benzene rings is 1. The van der Waals surface area contributed by atoms with Crippen molar-refractivity contribution in [2.45, 2.75) is 34.1 Å². The van der Waals surface area contributed by atoms with Crippen molar-refractivity contribution in [2.75, 3.05) is 7.11 Å². The number of rotatable bonds is 3. The van der Waals surface area contributed by atoms with Crippen molar-refractivity contribution in [1.29, 1.82) is 5.26 Å². The maximum Gasteiger partial charge on any atom is 0.122 e. The summed E-state index contributed by atoms with van der Waals surface area (Å²) in [6, 6.07) is 6.49. The number of nitriles is 1. The summed E-state index contributed by atoms with van der Waals surface area (Å²) in [4.78, 5) is 0. The molecule has 2 nitrogen and oxygen atoms in total. The second kappa shape index (κ2) is 4.57. The highest BCUT2D eigenvalue weighted by Crippen LogP contribution is 2.27. The van der Waals surface area contributed by atoms with Crippen molar-refractivity contribution < 1.29 is 4.74 Å². The minimum absolute atomic E-state index is 0.314. The lowest BCUT2D eigenvalue weighted by molar-refractivity contribution is 0.410. The van der Waals surface area contributed by atoms with Crippen molar-refractivity contribution in [3.8, 4) is 11.8 Å². The first-order chi connectivity index (χ1) is 7.39. The first-order valence-corrected chi connectivity index (χ1v) is 5.45. The first kappa shape index (κ1) is 12.6. The van der Waals surface area contributed by atoms with Crippen molar-refractivity contribution in [1.82, 2.24) is 0 Å². The molecule has 0 unspecified atom stereocenters. The van der Waals surface area contributed by atoms with E-state index in [4.69, 9.17) is 10.00 Å². The van der Waals surface area contributed by atoms with Gasteiger partial charge in [-0.3, -0.25) is 0 Å². The monoisotopic (exact) mass is 217 g/mol. The van der Waals surface area contributed by atoms with Gasteiger partial charge >= 0.3 is 0 Å². The molecule has 0 aromatic heterocycles. The molecule has 0 spiro atoms. The van der Waals surface area contributed by atoms with Crippen LogP contribution < -0.4 is 4.74 Å². The summed E-state index contributed by atoms with van der Waals surface area (Å²) >= 11 is 0. The Morgan fingerprint density at radius 2 is 1.88 bits per heavy atom. The lowest BCUT2D eigenvalue weighted by atomic mass is 9.85. The highest BCUT2D eigenvalue weighted by atomic mass is 16.5. The Morgan fingerprint density at radius 1 is 1.25 bits per heavy atom. The smallest absolute Gasteiger partial charge is 0.122 e. The Balaban J connectivity index is 3.08.